The minimum Gasteiger partial charge on any atom is -0.298 e. The molecule has 0 bridgehead atoms. The SMILES string of the molecule is O=Cc1ccc(SC(F)(F)C(F)C(F)(F)F)cc1. The van der Waals surface area contributed by atoms with E-state index < -0.39 is 29.4 Å². The summed E-state index contributed by atoms with van der Waals surface area (Å²) in [4.78, 5) is 10.0. The van der Waals surface area contributed by atoms with Gasteiger partial charge in [0.25, 0.3) is 6.17 Å². The lowest BCUT2D eigenvalue weighted by atomic mass is 10.2. The molecular formula is C10H6F6OS. The molecule has 0 fully saturated rings. The zero-order valence-electron chi connectivity index (χ0n) is 8.55. The molecule has 1 rings (SSSR count). The summed E-state index contributed by atoms with van der Waals surface area (Å²) in [5.41, 5.74) is 0.176. The molecule has 1 nitrogen and oxygen atoms in total. The fraction of sp³-hybridized carbons (Fsp3) is 0.300. The van der Waals surface area contributed by atoms with Gasteiger partial charge in [0, 0.05) is 10.5 Å². The number of carbonyl (C=O) groups excluding carboxylic acids is 1. The van der Waals surface area contributed by atoms with Crippen LogP contribution in [0.3, 0.4) is 0 Å². The molecule has 1 unspecified atom stereocenters. The molecule has 0 aromatic heterocycles. The van der Waals surface area contributed by atoms with E-state index in [1.54, 1.807) is 0 Å². The van der Waals surface area contributed by atoms with Crippen LogP contribution in [0.1, 0.15) is 10.4 Å². The van der Waals surface area contributed by atoms with Gasteiger partial charge in [-0.3, -0.25) is 4.79 Å². The molecule has 0 heterocycles. The van der Waals surface area contributed by atoms with Gasteiger partial charge in [0.1, 0.15) is 6.29 Å². The maximum Gasteiger partial charge on any atom is 0.426 e. The lowest BCUT2D eigenvalue weighted by molar-refractivity contribution is -0.219. The average molecular weight is 288 g/mol. The smallest absolute Gasteiger partial charge is 0.298 e. The fourth-order valence-electron chi connectivity index (χ4n) is 1.01. The second-order valence-electron chi connectivity index (χ2n) is 3.25. The van der Waals surface area contributed by atoms with Crippen molar-refractivity contribution in [3.05, 3.63) is 29.8 Å². The average Bonchev–Trinajstić information content (AvgIpc) is 2.27. The molecular weight excluding hydrogens is 282 g/mol. The summed E-state index contributed by atoms with van der Waals surface area (Å²) in [6, 6.07) is 4.33. The van der Waals surface area contributed by atoms with E-state index in [0.717, 1.165) is 24.3 Å². The summed E-state index contributed by atoms with van der Waals surface area (Å²) in [7, 11) is 0. The first-order chi connectivity index (χ1) is 8.16. The lowest BCUT2D eigenvalue weighted by Gasteiger charge is -2.21. The van der Waals surface area contributed by atoms with Crippen LogP contribution < -0.4 is 0 Å². The topological polar surface area (TPSA) is 17.1 Å². The minimum absolute atomic E-state index is 0.176. The number of rotatable bonds is 4. The monoisotopic (exact) mass is 288 g/mol. The fourth-order valence-corrected chi connectivity index (χ4v) is 1.84. The standard InChI is InChI=1S/C10H6F6OS/c11-8(9(12,13)14)10(15,16)18-7-3-1-6(5-17)2-4-7/h1-5,8H. The highest BCUT2D eigenvalue weighted by molar-refractivity contribution is 8.00. The van der Waals surface area contributed by atoms with Crippen molar-refractivity contribution in [1.82, 2.24) is 0 Å². The largest absolute Gasteiger partial charge is 0.426 e. The van der Waals surface area contributed by atoms with Gasteiger partial charge >= 0.3 is 11.4 Å². The van der Waals surface area contributed by atoms with Crippen LogP contribution in [0.5, 0.6) is 0 Å². The van der Waals surface area contributed by atoms with Gasteiger partial charge in [-0.15, -0.1) is 0 Å². The van der Waals surface area contributed by atoms with E-state index in [1.807, 2.05) is 0 Å². The second-order valence-corrected chi connectivity index (χ2v) is 4.47. The molecule has 0 amide bonds. The number of carbonyl (C=O) groups is 1. The Balaban J connectivity index is 2.84. The molecule has 1 atom stereocenters. The van der Waals surface area contributed by atoms with Crippen LogP contribution in [-0.2, 0) is 0 Å². The molecule has 0 saturated heterocycles. The van der Waals surface area contributed by atoms with Crippen LogP contribution in [0.15, 0.2) is 29.2 Å². The van der Waals surface area contributed by atoms with Gasteiger partial charge in [-0.05, 0) is 23.9 Å². The Labute approximate surface area is 102 Å². The molecule has 0 saturated carbocycles. The summed E-state index contributed by atoms with van der Waals surface area (Å²) < 4.78 is 74.1. The zero-order chi connectivity index (χ0) is 14.0. The molecule has 0 N–H and O–H groups in total. The maximum absolute atomic E-state index is 13.0. The highest BCUT2D eigenvalue weighted by atomic mass is 32.2. The van der Waals surface area contributed by atoms with Crippen molar-refractivity contribution in [2.45, 2.75) is 22.5 Å². The molecule has 18 heavy (non-hydrogen) atoms. The third kappa shape index (κ3) is 3.66. The third-order valence-electron chi connectivity index (χ3n) is 1.85. The van der Waals surface area contributed by atoms with Crippen LogP contribution >= 0.6 is 11.8 Å². The second kappa shape index (κ2) is 5.21. The maximum atomic E-state index is 13.0. The number of alkyl halides is 6. The van der Waals surface area contributed by atoms with Gasteiger partial charge < -0.3 is 0 Å². The lowest BCUT2D eigenvalue weighted by Crippen LogP contribution is -2.39. The molecule has 100 valence electrons. The van der Waals surface area contributed by atoms with Crippen LogP contribution in [0.4, 0.5) is 26.3 Å². The Morgan fingerprint density at radius 2 is 1.56 bits per heavy atom. The Morgan fingerprint density at radius 3 is 1.94 bits per heavy atom. The normalized spacial score (nSPS) is 14.3. The van der Waals surface area contributed by atoms with Crippen molar-refractivity contribution >= 4 is 18.0 Å². The van der Waals surface area contributed by atoms with Gasteiger partial charge in [0.05, 0.1) is 0 Å². The van der Waals surface area contributed by atoms with Crippen molar-refractivity contribution in [3.8, 4) is 0 Å². The Bertz CT molecular complexity index is 413. The third-order valence-corrected chi connectivity index (χ3v) is 2.84. The van der Waals surface area contributed by atoms with E-state index >= 15 is 0 Å². The number of aldehydes is 1. The van der Waals surface area contributed by atoms with E-state index in [1.165, 1.54) is 0 Å². The Kier molecular flexibility index (Phi) is 4.31. The van der Waals surface area contributed by atoms with Crippen LogP contribution in [0.2, 0.25) is 0 Å². The first-order valence-electron chi connectivity index (χ1n) is 4.49. The van der Waals surface area contributed by atoms with Gasteiger partial charge in [0.2, 0.25) is 0 Å². The summed E-state index contributed by atoms with van der Waals surface area (Å²) in [6.45, 7) is 0. The van der Waals surface area contributed by atoms with Gasteiger partial charge in [-0.25, -0.2) is 4.39 Å². The van der Waals surface area contributed by atoms with Crippen LogP contribution in [0, 0.1) is 0 Å². The molecule has 0 aliphatic heterocycles. The van der Waals surface area contributed by atoms with E-state index in [4.69, 9.17) is 0 Å². The summed E-state index contributed by atoms with van der Waals surface area (Å²) in [5, 5.41) is -4.62. The molecule has 0 aliphatic rings. The predicted molar refractivity (Wildman–Crippen MR) is 53.6 cm³/mol. The van der Waals surface area contributed by atoms with E-state index in [-0.39, 0.29) is 10.5 Å². The molecule has 1 aromatic rings. The summed E-state index contributed by atoms with van der Waals surface area (Å²) in [6.07, 6.45) is -9.43. The van der Waals surface area contributed by atoms with Gasteiger partial charge in [-0.2, -0.15) is 22.0 Å². The number of halogens is 6. The Morgan fingerprint density at radius 1 is 1.06 bits per heavy atom. The molecule has 0 spiro atoms. The number of hydrogen-bond donors (Lipinski definition) is 0. The van der Waals surface area contributed by atoms with E-state index in [2.05, 4.69) is 0 Å². The molecule has 0 aliphatic carbocycles. The number of hydrogen-bond acceptors (Lipinski definition) is 2. The van der Waals surface area contributed by atoms with Crippen molar-refractivity contribution in [2.75, 3.05) is 0 Å². The van der Waals surface area contributed by atoms with Crippen molar-refractivity contribution in [3.63, 3.8) is 0 Å². The zero-order valence-corrected chi connectivity index (χ0v) is 9.36. The first kappa shape index (κ1) is 14.9. The van der Waals surface area contributed by atoms with Crippen molar-refractivity contribution in [1.29, 1.82) is 0 Å². The van der Waals surface area contributed by atoms with Crippen LogP contribution in [-0.4, -0.2) is 23.9 Å². The summed E-state index contributed by atoms with van der Waals surface area (Å²) >= 11 is -0.544. The van der Waals surface area contributed by atoms with Crippen LogP contribution in [0.25, 0.3) is 0 Å². The highest BCUT2D eigenvalue weighted by Crippen LogP contribution is 2.45. The van der Waals surface area contributed by atoms with E-state index in [9.17, 15) is 31.1 Å². The van der Waals surface area contributed by atoms with Crippen molar-refractivity contribution < 1.29 is 31.1 Å². The number of benzene rings is 1. The number of thioether (sulfide) groups is 1. The quantitative estimate of drug-likeness (QED) is 0.471. The molecule has 1 aromatic carbocycles. The van der Waals surface area contributed by atoms with Gasteiger partial charge in [-0.1, -0.05) is 12.1 Å². The molecule has 0 radical (unpaired) electrons. The predicted octanol–water partition coefficient (Wildman–Crippen LogP) is 4.08. The highest BCUT2D eigenvalue weighted by Gasteiger charge is 2.57. The Hall–Kier alpha value is -1.18. The van der Waals surface area contributed by atoms with Gasteiger partial charge in [0.15, 0.2) is 0 Å². The van der Waals surface area contributed by atoms with E-state index in [0.29, 0.717) is 6.29 Å². The minimum atomic E-state index is -5.63. The first-order valence-corrected chi connectivity index (χ1v) is 5.31. The van der Waals surface area contributed by atoms with Crippen molar-refractivity contribution in [2.24, 2.45) is 0 Å². The summed E-state index contributed by atoms with van der Waals surface area (Å²) in [5.74, 6) is 0. The molecule has 8 heteroatoms.